The van der Waals surface area contributed by atoms with E-state index in [1.807, 2.05) is 88.4 Å². The summed E-state index contributed by atoms with van der Waals surface area (Å²) < 4.78 is 0. The Labute approximate surface area is 189 Å². The summed E-state index contributed by atoms with van der Waals surface area (Å²) in [4.78, 5) is 35.4. The zero-order valence-corrected chi connectivity index (χ0v) is 18.8. The third-order valence-corrected chi connectivity index (χ3v) is 4.84. The van der Waals surface area contributed by atoms with Crippen molar-refractivity contribution in [1.29, 1.82) is 0 Å². The minimum atomic E-state index is -0.269. The highest BCUT2D eigenvalue weighted by molar-refractivity contribution is 6.27. The van der Waals surface area contributed by atoms with E-state index in [0.29, 0.717) is 22.5 Å². The van der Waals surface area contributed by atoms with Crippen molar-refractivity contribution in [3.8, 4) is 22.5 Å². The topological polar surface area (TPSA) is 59.9 Å². The van der Waals surface area contributed by atoms with Crippen LogP contribution < -0.4 is 0 Å². The minimum Gasteiger partial charge on any atom is -0.287 e. The molecule has 1 aromatic heterocycles. The maximum absolute atomic E-state index is 13.0. The first-order chi connectivity index (χ1) is 15.7. The molecule has 0 aliphatic heterocycles. The van der Waals surface area contributed by atoms with E-state index in [1.165, 1.54) is 0 Å². The Morgan fingerprint density at radius 3 is 1.09 bits per heavy atom. The molecule has 4 aromatic rings. The van der Waals surface area contributed by atoms with Crippen LogP contribution in [-0.4, -0.2) is 21.5 Å². The van der Waals surface area contributed by atoms with E-state index in [4.69, 9.17) is 0 Å². The number of rotatable bonds is 2. The second kappa shape index (κ2) is 10.4. The van der Waals surface area contributed by atoms with Gasteiger partial charge >= 0.3 is 0 Å². The molecule has 1 heterocycles. The smallest absolute Gasteiger partial charge is 0.214 e. The van der Waals surface area contributed by atoms with E-state index in [1.54, 1.807) is 24.3 Å². The summed E-state index contributed by atoms with van der Waals surface area (Å²) in [5.74, 6) is -0.538. The summed E-state index contributed by atoms with van der Waals surface area (Å²) in [6, 6.07) is 26.0. The lowest BCUT2D eigenvalue weighted by atomic mass is 9.89. The molecule has 160 valence electrons. The van der Waals surface area contributed by atoms with Crippen molar-refractivity contribution in [2.75, 3.05) is 0 Å². The number of carbonyl (C=O) groups excluding carboxylic acids is 2. The molecule has 0 unspecified atom stereocenters. The van der Waals surface area contributed by atoms with Gasteiger partial charge in [-0.05, 0) is 0 Å². The maximum atomic E-state index is 13.0. The van der Waals surface area contributed by atoms with E-state index in [9.17, 15) is 9.59 Å². The van der Waals surface area contributed by atoms with E-state index in [2.05, 4.69) is 9.97 Å². The maximum Gasteiger partial charge on any atom is 0.214 e. The fraction of sp³-hybridized carbons (Fsp3) is 0.143. The van der Waals surface area contributed by atoms with Crippen molar-refractivity contribution in [2.45, 2.75) is 27.7 Å². The van der Waals surface area contributed by atoms with Crippen molar-refractivity contribution in [2.24, 2.45) is 0 Å². The highest BCUT2D eigenvalue weighted by atomic mass is 16.1. The average molecular weight is 423 g/mol. The van der Waals surface area contributed by atoms with Crippen molar-refractivity contribution < 1.29 is 9.59 Å². The molecule has 4 heteroatoms. The summed E-state index contributed by atoms with van der Waals surface area (Å²) in [5, 5.41) is 0. The van der Waals surface area contributed by atoms with Crippen LogP contribution in [0.1, 0.15) is 59.8 Å². The second-order valence-corrected chi connectivity index (χ2v) is 6.55. The molecule has 0 radical (unpaired) electrons. The first-order valence-corrected chi connectivity index (χ1v) is 11.0. The molecule has 4 nitrogen and oxygen atoms in total. The third kappa shape index (κ3) is 4.12. The molecule has 0 spiro atoms. The quantitative estimate of drug-likeness (QED) is 0.320. The van der Waals surface area contributed by atoms with E-state index >= 15 is 0 Å². The molecule has 0 atom stereocenters. The Kier molecular flexibility index (Phi) is 7.40. The van der Waals surface area contributed by atoms with Crippen molar-refractivity contribution >= 4 is 11.6 Å². The van der Waals surface area contributed by atoms with Crippen LogP contribution in [-0.2, 0) is 0 Å². The molecule has 32 heavy (non-hydrogen) atoms. The van der Waals surface area contributed by atoms with Gasteiger partial charge in [-0.25, -0.2) is 9.97 Å². The van der Waals surface area contributed by atoms with Crippen LogP contribution in [0, 0.1) is 0 Å². The number of benzene rings is 3. The van der Waals surface area contributed by atoms with Gasteiger partial charge in [-0.2, -0.15) is 0 Å². The summed E-state index contributed by atoms with van der Waals surface area (Å²) in [5.41, 5.74) is 3.84. The van der Waals surface area contributed by atoms with Gasteiger partial charge in [-0.3, -0.25) is 9.59 Å². The first-order valence-electron chi connectivity index (χ1n) is 11.0. The molecule has 0 bridgehead atoms. The summed E-state index contributed by atoms with van der Waals surface area (Å²) in [7, 11) is 0. The lowest BCUT2D eigenvalue weighted by Crippen LogP contribution is -2.24. The van der Waals surface area contributed by atoms with Gasteiger partial charge in [0.25, 0.3) is 0 Å². The Morgan fingerprint density at radius 1 is 0.438 bits per heavy atom. The Morgan fingerprint density at radius 2 is 0.750 bits per heavy atom. The lowest BCUT2D eigenvalue weighted by Gasteiger charge is -2.18. The normalized spacial score (nSPS) is 11.2. The molecule has 1 aliphatic carbocycles. The lowest BCUT2D eigenvalue weighted by molar-refractivity contribution is 0.0971. The molecule has 3 aromatic carbocycles. The van der Waals surface area contributed by atoms with Crippen molar-refractivity contribution in [3.05, 3.63) is 107 Å². The monoisotopic (exact) mass is 422 g/mol. The Hall–Kier alpha value is -3.92. The predicted molar refractivity (Wildman–Crippen MR) is 129 cm³/mol. The summed E-state index contributed by atoms with van der Waals surface area (Å²) in [6.07, 6.45) is 0. The fourth-order valence-corrected chi connectivity index (χ4v) is 3.48. The standard InChI is InChI=1S/C24H14N2O2.2C2H6/c27-23-17-13-7-8-14-18(17)24(28)22-21(23)25-19(15-9-3-1-4-10-15)20(26-22)16-11-5-2-6-12-16;2*1-2/h1-14H;2*1-2H3. The van der Waals surface area contributed by atoms with Crippen LogP contribution in [0.5, 0.6) is 0 Å². The molecule has 0 N–H and O–H groups in total. The highest BCUT2D eigenvalue weighted by Gasteiger charge is 2.33. The number of fused-ring (bicyclic) bond motifs is 2. The largest absolute Gasteiger partial charge is 0.287 e. The number of nitrogens with zero attached hydrogens (tertiary/aromatic N) is 2. The molecule has 1 aliphatic rings. The van der Waals surface area contributed by atoms with Gasteiger partial charge < -0.3 is 0 Å². The summed E-state index contributed by atoms with van der Waals surface area (Å²) >= 11 is 0. The second-order valence-electron chi connectivity index (χ2n) is 6.55. The number of ketones is 2. The zero-order chi connectivity index (χ0) is 23.1. The number of aromatic nitrogens is 2. The number of carbonyl (C=O) groups is 2. The van der Waals surface area contributed by atoms with E-state index < -0.39 is 0 Å². The Bertz CT molecular complexity index is 1140. The van der Waals surface area contributed by atoms with E-state index in [-0.39, 0.29) is 23.0 Å². The van der Waals surface area contributed by atoms with Gasteiger partial charge in [0, 0.05) is 22.3 Å². The van der Waals surface area contributed by atoms with Gasteiger partial charge in [-0.15, -0.1) is 0 Å². The van der Waals surface area contributed by atoms with Crippen molar-refractivity contribution in [1.82, 2.24) is 9.97 Å². The fourth-order valence-electron chi connectivity index (χ4n) is 3.48. The average Bonchev–Trinajstić information content (AvgIpc) is 2.90. The zero-order valence-electron chi connectivity index (χ0n) is 18.8. The number of hydrogen-bond donors (Lipinski definition) is 0. The van der Waals surface area contributed by atoms with Gasteiger partial charge in [0.2, 0.25) is 11.6 Å². The molecule has 0 saturated carbocycles. The van der Waals surface area contributed by atoms with Gasteiger partial charge in [0.1, 0.15) is 11.4 Å². The molecule has 0 saturated heterocycles. The summed E-state index contributed by atoms with van der Waals surface area (Å²) in [6.45, 7) is 8.00. The van der Waals surface area contributed by atoms with Crippen LogP contribution in [0.25, 0.3) is 22.5 Å². The van der Waals surface area contributed by atoms with Crippen LogP contribution in [0.2, 0.25) is 0 Å². The van der Waals surface area contributed by atoms with Crippen LogP contribution in [0.3, 0.4) is 0 Å². The van der Waals surface area contributed by atoms with Gasteiger partial charge in [0.15, 0.2) is 0 Å². The van der Waals surface area contributed by atoms with Crippen LogP contribution in [0.4, 0.5) is 0 Å². The molecular weight excluding hydrogens is 396 g/mol. The molecule has 0 amide bonds. The molecule has 5 rings (SSSR count). The van der Waals surface area contributed by atoms with Crippen LogP contribution in [0.15, 0.2) is 84.9 Å². The van der Waals surface area contributed by atoms with Gasteiger partial charge in [-0.1, -0.05) is 113 Å². The van der Waals surface area contributed by atoms with E-state index in [0.717, 1.165) is 11.1 Å². The van der Waals surface area contributed by atoms with Crippen molar-refractivity contribution in [3.63, 3.8) is 0 Å². The number of hydrogen-bond acceptors (Lipinski definition) is 4. The van der Waals surface area contributed by atoms with Crippen LogP contribution >= 0.6 is 0 Å². The first kappa shape index (κ1) is 22.8. The minimum absolute atomic E-state index is 0.113. The SMILES string of the molecule is CC.CC.O=C1c2ccccc2C(=O)c2nc(-c3ccccc3)c(-c3ccccc3)nc21. The molecule has 0 fully saturated rings. The van der Waals surface area contributed by atoms with Gasteiger partial charge in [0.05, 0.1) is 11.4 Å². The third-order valence-electron chi connectivity index (χ3n) is 4.84. The Balaban J connectivity index is 0.000000686. The predicted octanol–water partition coefficient (Wildman–Crippen LogP) is 6.64. The molecular formula is C28H26N2O2. The highest BCUT2D eigenvalue weighted by Crippen LogP contribution is 2.33.